The Morgan fingerprint density at radius 1 is 0.926 bits per heavy atom. The van der Waals surface area contributed by atoms with Crippen LogP contribution in [0.2, 0.25) is 0 Å². The molecular formula is C24H44NPTi. The molecule has 1 nitrogen and oxygen atoms in total. The molecule has 0 atom stereocenters. The van der Waals surface area contributed by atoms with Crippen LogP contribution in [0.25, 0.3) is 0 Å². The Morgan fingerprint density at radius 2 is 1.33 bits per heavy atom. The summed E-state index contributed by atoms with van der Waals surface area (Å²) in [7, 11) is -1.24. The summed E-state index contributed by atoms with van der Waals surface area (Å²) in [5, 5.41) is 0. The van der Waals surface area contributed by atoms with Crippen LogP contribution >= 0.6 is 7.05 Å². The van der Waals surface area contributed by atoms with E-state index in [-0.39, 0.29) is 21.7 Å². The second-order valence-corrected chi connectivity index (χ2v) is 12.9. The molecule has 0 heterocycles. The first-order valence-electron chi connectivity index (χ1n) is 10.4. The zero-order valence-corrected chi connectivity index (χ0v) is 22.1. The fourth-order valence-electron chi connectivity index (χ4n) is 3.80. The summed E-state index contributed by atoms with van der Waals surface area (Å²) in [6.07, 6.45) is 14.4. The van der Waals surface area contributed by atoms with Gasteiger partial charge in [-0.15, -0.1) is 0 Å². The van der Waals surface area contributed by atoms with Crippen LogP contribution in [0.15, 0.2) is 52.0 Å². The van der Waals surface area contributed by atoms with Gasteiger partial charge in [0.25, 0.3) is 0 Å². The van der Waals surface area contributed by atoms with Crippen molar-refractivity contribution in [2.24, 2.45) is 4.74 Å². The minimum Gasteiger partial charge on any atom is -0.271 e. The van der Waals surface area contributed by atoms with E-state index in [1.54, 1.807) is 0 Å². The van der Waals surface area contributed by atoms with E-state index in [0.717, 1.165) is 19.3 Å². The van der Waals surface area contributed by atoms with Gasteiger partial charge in [-0.25, -0.2) is 0 Å². The maximum Gasteiger partial charge on any atom is 0.0425 e. The molecule has 1 rings (SSSR count). The average Bonchev–Trinajstić information content (AvgIpc) is 3.05. The van der Waals surface area contributed by atoms with Crippen LogP contribution in [0.5, 0.6) is 0 Å². The zero-order valence-electron chi connectivity index (χ0n) is 19.6. The minimum absolute atomic E-state index is 0. The summed E-state index contributed by atoms with van der Waals surface area (Å²) in [5.41, 5.74) is 6.20. The molecule has 0 saturated heterocycles. The van der Waals surface area contributed by atoms with Crippen molar-refractivity contribution < 1.29 is 21.7 Å². The molecule has 0 N–H and O–H groups in total. The molecule has 0 unspecified atom stereocenters. The Kier molecular flexibility index (Phi) is 16.0. The number of hydrogen-bond donors (Lipinski definition) is 0. The molecule has 0 amide bonds. The predicted octanol–water partition coefficient (Wildman–Crippen LogP) is 8.95. The molecule has 0 aromatic rings. The molecule has 154 valence electrons. The first-order valence-corrected chi connectivity index (χ1v) is 12.4. The summed E-state index contributed by atoms with van der Waals surface area (Å²) >= 11 is 0. The molecule has 3 heteroatoms. The summed E-state index contributed by atoms with van der Waals surface area (Å²) < 4.78 is 5.22. The van der Waals surface area contributed by atoms with Gasteiger partial charge in [0.2, 0.25) is 0 Å². The fraction of sp³-hybridized carbons (Fsp3) is 0.667. The van der Waals surface area contributed by atoms with Crippen LogP contribution in [-0.4, -0.2) is 17.0 Å². The average molecular weight is 425 g/mol. The smallest absolute Gasteiger partial charge is 0.0425 e. The van der Waals surface area contributed by atoms with E-state index in [1.165, 1.54) is 16.8 Å². The first-order chi connectivity index (χ1) is 12.1. The van der Waals surface area contributed by atoms with E-state index in [4.69, 9.17) is 4.74 Å². The van der Waals surface area contributed by atoms with Gasteiger partial charge in [0, 0.05) is 33.8 Å². The maximum atomic E-state index is 5.22. The minimum atomic E-state index is -1.24. The van der Waals surface area contributed by atoms with Crippen molar-refractivity contribution in [1.82, 2.24) is 0 Å². The van der Waals surface area contributed by atoms with Crippen molar-refractivity contribution in [3.63, 3.8) is 0 Å². The topological polar surface area (TPSA) is 12.4 Å². The largest absolute Gasteiger partial charge is 0.271 e. The molecule has 0 aromatic heterocycles. The normalized spacial score (nSPS) is 14.9. The third-order valence-electron chi connectivity index (χ3n) is 5.18. The molecule has 0 aromatic carbocycles. The van der Waals surface area contributed by atoms with Gasteiger partial charge in [-0.05, 0) is 56.8 Å². The monoisotopic (exact) mass is 425 g/mol. The standard InChI is InChI=1S/C14H26NP.C10H18.Ti/c1-11(2)16(12(3)4,13(5)6)15-14-9-7-8-10-14;1-5-7-9(3)10(4)8-6-2;/h7-9,11-13H,10H2,1-6H3;7-8H,5-6H2,1-4H3;. The third kappa shape index (κ3) is 9.30. The van der Waals surface area contributed by atoms with Gasteiger partial charge in [-0.3, -0.25) is 4.74 Å². The molecule has 0 radical (unpaired) electrons. The van der Waals surface area contributed by atoms with Gasteiger partial charge in [0.15, 0.2) is 0 Å². The van der Waals surface area contributed by atoms with Crippen LogP contribution < -0.4 is 0 Å². The van der Waals surface area contributed by atoms with Gasteiger partial charge in [0.1, 0.15) is 0 Å². The first kappa shape index (κ1) is 29.1. The quantitative estimate of drug-likeness (QED) is 0.219. The van der Waals surface area contributed by atoms with Gasteiger partial charge >= 0.3 is 0 Å². The van der Waals surface area contributed by atoms with Gasteiger partial charge in [-0.2, -0.15) is 0 Å². The van der Waals surface area contributed by atoms with Crippen molar-refractivity contribution in [2.45, 2.75) is 105 Å². The Bertz CT molecular complexity index is 543. The molecule has 27 heavy (non-hydrogen) atoms. The van der Waals surface area contributed by atoms with E-state index in [9.17, 15) is 0 Å². The maximum absolute atomic E-state index is 5.22. The van der Waals surface area contributed by atoms with Crippen molar-refractivity contribution in [3.8, 4) is 0 Å². The van der Waals surface area contributed by atoms with E-state index < -0.39 is 7.05 Å². The Hall–Kier alpha value is -0.0957. The van der Waals surface area contributed by atoms with Gasteiger partial charge < -0.3 is 0 Å². The molecule has 0 bridgehead atoms. The fourth-order valence-corrected chi connectivity index (χ4v) is 8.67. The van der Waals surface area contributed by atoms with E-state index in [1.807, 2.05) is 0 Å². The van der Waals surface area contributed by atoms with E-state index in [0.29, 0.717) is 17.0 Å². The zero-order chi connectivity index (χ0) is 20.3. The summed E-state index contributed by atoms with van der Waals surface area (Å²) in [5.74, 6) is 0. The van der Waals surface area contributed by atoms with Crippen LogP contribution in [-0.2, 0) is 21.7 Å². The summed E-state index contributed by atoms with van der Waals surface area (Å²) in [6.45, 7) is 22.8. The summed E-state index contributed by atoms with van der Waals surface area (Å²) in [4.78, 5) is 0. The molecule has 0 fully saturated rings. The van der Waals surface area contributed by atoms with Crippen molar-refractivity contribution in [2.75, 3.05) is 0 Å². The van der Waals surface area contributed by atoms with Crippen LogP contribution in [0.3, 0.4) is 0 Å². The van der Waals surface area contributed by atoms with Gasteiger partial charge in [-0.1, -0.05) is 90.8 Å². The second kappa shape index (κ2) is 14.8. The van der Waals surface area contributed by atoms with E-state index >= 15 is 0 Å². The molecule has 0 aliphatic heterocycles. The van der Waals surface area contributed by atoms with Crippen molar-refractivity contribution >= 4 is 7.05 Å². The number of hydrogen-bond acceptors (Lipinski definition) is 1. The van der Waals surface area contributed by atoms with Crippen molar-refractivity contribution in [1.29, 1.82) is 0 Å². The molecule has 0 spiro atoms. The third-order valence-corrected chi connectivity index (χ3v) is 10.7. The SMILES string of the molecule is CC(C)P(=NC1=CC=CC1)(C(C)C)C(C)C.CCC=C(C)C(C)=CCC.[Ti]. The summed E-state index contributed by atoms with van der Waals surface area (Å²) in [6, 6.07) is 0. The number of allylic oxidation sites excluding steroid dienone is 7. The number of nitrogens with zero attached hydrogens (tertiary/aromatic N) is 1. The predicted molar refractivity (Wildman–Crippen MR) is 125 cm³/mol. The van der Waals surface area contributed by atoms with Gasteiger partial charge in [0.05, 0.1) is 0 Å². The molecule has 1 aliphatic rings. The Balaban J connectivity index is 0. The van der Waals surface area contributed by atoms with E-state index in [2.05, 4.69) is 99.6 Å². The molecule has 0 saturated carbocycles. The Labute approximate surface area is 185 Å². The second-order valence-electron chi connectivity index (χ2n) is 8.06. The van der Waals surface area contributed by atoms with Crippen molar-refractivity contribution in [3.05, 3.63) is 47.2 Å². The molecule has 1 aliphatic carbocycles. The number of rotatable bonds is 7. The molecular weight excluding hydrogens is 381 g/mol. The van der Waals surface area contributed by atoms with Crippen LogP contribution in [0.4, 0.5) is 0 Å². The van der Waals surface area contributed by atoms with Crippen LogP contribution in [0, 0.1) is 0 Å². The Morgan fingerprint density at radius 3 is 1.59 bits per heavy atom. The van der Waals surface area contributed by atoms with Crippen LogP contribution in [0.1, 0.15) is 88.5 Å².